The summed E-state index contributed by atoms with van der Waals surface area (Å²) in [5, 5.41) is 0. The summed E-state index contributed by atoms with van der Waals surface area (Å²) in [6, 6.07) is 4.16. The number of hydrogen-bond donors (Lipinski definition) is 0. The molecule has 9 heteroatoms. The van der Waals surface area contributed by atoms with Gasteiger partial charge in [0.2, 0.25) is 10.0 Å². The van der Waals surface area contributed by atoms with Gasteiger partial charge in [-0.1, -0.05) is 0 Å². The van der Waals surface area contributed by atoms with Crippen LogP contribution in [0.25, 0.3) is 0 Å². The van der Waals surface area contributed by atoms with E-state index in [0.29, 0.717) is 6.61 Å². The molecule has 0 aliphatic heterocycles. The Balaban J connectivity index is 3.27. The number of nitrogens with zero attached hydrogens (tertiary/aromatic N) is 1. The highest BCUT2D eigenvalue weighted by Crippen LogP contribution is 2.25. The Hall–Kier alpha value is -1.68. The lowest BCUT2D eigenvalue weighted by molar-refractivity contribution is 0.0521. The smallest absolute Gasteiger partial charge is 0.341 e. The van der Waals surface area contributed by atoms with Crippen molar-refractivity contribution in [3.63, 3.8) is 0 Å². The first-order valence-corrected chi connectivity index (χ1v) is 9.78. The number of benzene rings is 1. The second-order valence-electron chi connectivity index (χ2n) is 5.20. The van der Waals surface area contributed by atoms with Crippen LogP contribution < -0.4 is 4.74 Å². The highest BCUT2D eigenvalue weighted by Gasteiger charge is 2.26. The molecule has 1 aromatic rings. The number of ether oxygens (including phenoxy) is 4. The van der Waals surface area contributed by atoms with E-state index >= 15 is 0 Å². The van der Waals surface area contributed by atoms with Crippen molar-refractivity contribution in [2.45, 2.75) is 18.7 Å². The van der Waals surface area contributed by atoms with E-state index in [1.165, 1.54) is 36.7 Å². The molecule has 0 N–H and O–H groups in total. The summed E-state index contributed by atoms with van der Waals surface area (Å²) in [5.74, 6) is -0.349. The lowest BCUT2D eigenvalue weighted by atomic mass is 10.2. The van der Waals surface area contributed by atoms with Crippen molar-refractivity contribution < 1.29 is 32.2 Å². The summed E-state index contributed by atoms with van der Waals surface area (Å²) in [5.41, 5.74) is 0.0770. The SMILES string of the molecule is CCOC(=O)c1cc(S(=O)(=O)N(CCOC)CCOC)ccc1OCC. The summed E-state index contributed by atoms with van der Waals surface area (Å²) in [4.78, 5) is 12.2. The predicted molar refractivity (Wildman–Crippen MR) is 96.1 cm³/mol. The van der Waals surface area contributed by atoms with Gasteiger partial charge in [-0.05, 0) is 32.0 Å². The number of sulfonamides is 1. The van der Waals surface area contributed by atoms with Crippen LogP contribution in [0.1, 0.15) is 24.2 Å². The molecular formula is C17H27NO7S. The number of methoxy groups -OCH3 is 2. The summed E-state index contributed by atoms with van der Waals surface area (Å²) < 4.78 is 47.6. The maximum absolute atomic E-state index is 13.0. The molecular weight excluding hydrogens is 362 g/mol. The monoisotopic (exact) mass is 389 g/mol. The van der Waals surface area contributed by atoms with Gasteiger partial charge in [0.25, 0.3) is 0 Å². The van der Waals surface area contributed by atoms with Crippen LogP contribution in [0.4, 0.5) is 0 Å². The molecule has 26 heavy (non-hydrogen) atoms. The molecule has 0 fully saturated rings. The largest absolute Gasteiger partial charge is 0.493 e. The van der Waals surface area contributed by atoms with Gasteiger partial charge in [-0.2, -0.15) is 4.31 Å². The van der Waals surface area contributed by atoms with E-state index in [9.17, 15) is 13.2 Å². The summed E-state index contributed by atoms with van der Waals surface area (Å²) >= 11 is 0. The average Bonchev–Trinajstić information content (AvgIpc) is 2.62. The van der Waals surface area contributed by atoms with Crippen molar-refractivity contribution in [2.24, 2.45) is 0 Å². The van der Waals surface area contributed by atoms with E-state index in [1.807, 2.05) is 0 Å². The number of carbonyl (C=O) groups is 1. The zero-order valence-corrected chi connectivity index (χ0v) is 16.5. The molecule has 0 amide bonds. The molecule has 0 saturated carbocycles. The van der Waals surface area contributed by atoms with Gasteiger partial charge in [0.1, 0.15) is 11.3 Å². The lowest BCUT2D eigenvalue weighted by Gasteiger charge is -2.22. The average molecular weight is 389 g/mol. The zero-order chi connectivity index (χ0) is 19.6. The van der Waals surface area contributed by atoms with Gasteiger partial charge in [-0.15, -0.1) is 0 Å². The van der Waals surface area contributed by atoms with Crippen molar-refractivity contribution >= 4 is 16.0 Å². The number of hydrogen-bond acceptors (Lipinski definition) is 7. The van der Waals surface area contributed by atoms with Crippen molar-refractivity contribution in [3.05, 3.63) is 23.8 Å². The normalized spacial score (nSPS) is 11.6. The topological polar surface area (TPSA) is 91.4 Å². The van der Waals surface area contributed by atoms with Crippen LogP contribution in [-0.4, -0.2) is 72.4 Å². The van der Waals surface area contributed by atoms with Gasteiger partial charge in [0, 0.05) is 27.3 Å². The molecule has 0 spiro atoms. The third-order valence-electron chi connectivity index (χ3n) is 3.47. The molecule has 0 saturated heterocycles. The van der Waals surface area contributed by atoms with Gasteiger partial charge in [0.05, 0.1) is 31.3 Å². The molecule has 1 rings (SSSR count). The molecule has 0 aliphatic carbocycles. The summed E-state index contributed by atoms with van der Waals surface area (Å²) in [7, 11) is -0.844. The second kappa shape index (κ2) is 11.1. The van der Waals surface area contributed by atoms with E-state index in [-0.39, 0.29) is 49.1 Å². The first kappa shape index (κ1) is 22.4. The standard InChI is InChI=1S/C17H27NO7S/c1-5-24-16-8-7-14(13-15(16)17(19)25-6-2)26(20,21)18(9-11-22-3)10-12-23-4/h7-8,13H,5-6,9-12H2,1-4H3. The highest BCUT2D eigenvalue weighted by atomic mass is 32.2. The van der Waals surface area contributed by atoms with Gasteiger partial charge >= 0.3 is 5.97 Å². The Morgan fingerprint density at radius 2 is 1.65 bits per heavy atom. The number of esters is 1. The van der Waals surface area contributed by atoms with E-state index in [2.05, 4.69) is 0 Å². The predicted octanol–water partition coefficient (Wildman–Crippen LogP) is 1.55. The van der Waals surface area contributed by atoms with E-state index in [0.717, 1.165) is 0 Å². The van der Waals surface area contributed by atoms with Gasteiger partial charge < -0.3 is 18.9 Å². The van der Waals surface area contributed by atoms with E-state index in [1.54, 1.807) is 13.8 Å². The molecule has 0 unspecified atom stereocenters. The fraction of sp³-hybridized carbons (Fsp3) is 0.588. The van der Waals surface area contributed by atoms with Crippen LogP contribution in [0.5, 0.6) is 5.75 Å². The van der Waals surface area contributed by atoms with Crippen LogP contribution in [0.2, 0.25) is 0 Å². The molecule has 0 aliphatic rings. The van der Waals surface area contributed by atoms with Crippen LogP contribution in [-0.2, 0) is 24.2 Å². The van der Waals surface area contributed by atoms with Crippen LogP contribution in [0, 0.1) is 0 Å². The zero-order valence-electron chi connectivity index (χ0n) is 15.7. The fourth-order valence-electron chi connectivity index (χ4n) is 2.21. The van der Waals surface area contributed by atoms with Crippen LogP contribution in [0.3, 0.4) is 0 Å². The minimum absolute atomic E-state index is 0.0174. The molecule has 0 aromatic heterocycles. The minimum Gasteiger partial charge on any atom is -0.493 e. The Bertz CT molecular complexity index is 668. The van der Waals surface area contributed by atoms with Crippen molar-refractivity contribution in [2.75, 3.05) is 53.7 Å². The van der Waals surface area contributed by atoms with Crippen molar-refractivity contribution in [1.82, 2.24) is 4.31 Å². The Morgan fingerprint density at radius 1 is 1.04 bits per heavy atom. The molecule has 0 atom stereocenters. The van der Waals surface area contributed by atoms with Crippen molar-refractivity contribution in [3.8, 4) is 5.75 Å². The van der Waals surface area contributed by atoms with Gasteiger partial charge in [-0.25, -0.2) is 13.2 Å². The maximum Gasteiger partial charge on any atom is 0.341 e. The third kappa shape index (κ3) is 5.94. The first-order chi connectivity index (χ1) is 12.4. The quantitative estimate of drug-likeness (QED) is 0.501. The molecule has 0 bridgehead atoms. The second-order valence-corrected chi connectivity index (χ2v) is 7.14. The molecule has 8 nitrogen and oxygen atoms in total. The van der Waals surface area contributed by atoms with Crippen LogP contribution in [0.15, 0.2) is 23.1 Å². The van der Waals surface area contributed by atoms with E-state index < -0.39 is 16.0 Å². The Morgan fingerprint density at radius 3 is 2.15 bits per heavy atom. The van der Waals surface area contributed by atoms with Crippen LogP contribution >= 0.6 is 0 Å². The first-order valence-electron chi connectivity index (χ1n) is 8.34. The molecule has 0 heterocycles. The Labute approximate surface area is 155 Å². The van der Waals surface area contributed by atoms with E-state index in [4.69, 9.17) is 18.9 Å². The number of rotatable bonds is 12. The number of carbonyl (C=O) groups excluding carboxylic acids is 1. The lowest BCUT2D eigenvalue weighted by Crippen LogP contribution is -2.36. The highest BCUT2D eigenvalue weighted by molar-refractivity contribution is 7.89. The molecule has 1 aromatic carbocycles. The summed E-state index contributed by atoms with van der Waals surface area (Å²) in [6.45, 7) is 4.79. The molecule has 148 valence electrons. The van der Waals surface area contributed by atoms with Crippen molar-refractivity contribution in [1.29, 1.82) is 0 Å². The summed E-state index contributed by atoms with van der Waals surface area (Å²) in [6.07, 6.45) is 0. The van der Waals surface area contributed by atoms with Gasteiger partial charge in [0.15, 0.2) is 0 Å². The fourth-order valence-corrected chi connectivity index (χ4v) is 3.64. The Kier molecular flexibility index (Phi) is 9.57. The minimum atomic E-state index is -3.84. The third-order valence-corrected chi connectivity index (χ3v) is 5.37. The van der Waals surface area contributed by atoms with Gasteiger partial charge in [-0.3, -0.25) is 0 Å². The maximum atomic E-state index is 13.0. The molecule has 0 radical (unpaired) electrons.